The Morgan fingerprint density at radius 1 is 1.47 bits per heavy atom. The van der Waals surface area contributed by atoms with E-state index in [0.29, 0.717) is 18.2 Å². The topological polar surface area (TPSA) is 70.8 Å². The minimum atomic E-state index is -1.12. The van der Waals surface area contributed by atoms with Crippen molar-refractivity contribution in [2.24, 2.45) is 0 Å². The minimum absolute atomic E-state index is 0.0243. The molecule has 1 N–H and O–H groups in total. The summed E-state index contributed by atoms with van der Waals surface area (Å²) >= 11 is 1.19. The second kappa shape index (κ2) is 7.04. The van der Waals surface area contributed by atoms with Crippen molar-refractivity contribution in [3.8, 4) is 0 Å². The zero-order valence-corrected chi connectivity index (χ0v) is 11.8. The number of nitrogens with zero attached hydrogens (tertiary/aromatic N) is 1. The normalized spacial score (nSPS) is 10.2. The van der Waals surface area contributed by atoms with Gasteiger partial charge in [0.1, 0.15) is 0 Å². The van der Waals surface area contributed by atoms with Gasteiger partial charge in [-0.1, -0.05) is 23.9 Å². The molecule has 0 aliphatic rings. The first-order chi connectivity index (χ1) is 8.93. The van der Waals surface area contributed by atoms with Crippen LogP contribution in [0.3, 0.4) is 0 Å². The van der Waals surface area contributed by atoms with Crippen molar-refractivity contribution in [3.05, 3.63) is 30.0 Å². The lowest BCUT2D eigenvalue weighted by Crippen LogP contribution is -2.33. The smallest absolute Gasteiger partial charge is 0.371 e. The molecule has 1 aromatic heterocycles. The van der Waals surface area contributed by atoms with Gasteiger partial charge in [-0.25, -0.2) is 4.79 Å². The third-order valence-electron chi connectivity index (χ3n) is 2.33. The van der Waals surface area contributed by atoms with Crippen LogP contribution >= 0.6 is 11.8 Å². The highest BCUT2D eigenvalue weighted by Gasteiger charge is 2.14. The highest BCUT2D eigenvalue weighted by atomic mass is 32.2. The van der Waals surface area contributed by atoms with Gasteiger partial charge in [0.05, 0.1) is 5.75 Å². The number of thioether (sulfide) groups is 1. The predicted molar refractivity (Wildman–Crippen MR) is 73.5 cm³/mol. The third-order valence-corrected chi connectivity index (χ3v) is 3.22. The van der Waals surface area contributed by atoms with E-state index in [-0.39, 0.29) is 17.4 Å². The van der Waals surface area contributed by atoms with Gasteiger partial charge in [0.2, 0.25) is 11.7 Å². The molecule has 1 aromatic rings. The molecule has 0 saturated heterocycles. The van der Waals surface area contributed by atoms with Crippen LogP contribution in [0.1, 0.15) is 24.4 Å². The number of carboxylic acids is 1. The highest BCUT2D eigenvalue weighted by molar-refractivity contribution is 7.99. The van der Waals surface area contributed by atoms with Crippen molar-refractivity contribution in [3.63, 3.8) is 0 Å². The summed E-state index contributed by atoms with van der Waals surface area (Å²) in [6.07, 6.45) is 0. The number of hydrogen-bond donors (Lipinski definition) is 1. The summed E-state index contributed by atoms with van der Waals surface area (Å²) in [7, 11) is 0. The molecule has 1 rings (SSSR count). The standard InChI is InChI=1S/C13H17NO4S/c1-4-14(7-9(2)3)11(15)8-19-12-6-5-10(18-12)13(16)17/h5-6H,2,4,7-8H2,1,3H3,(H,16,17). The SMILES string of the molecule is C=C(C)CN(CC)C(=O)CSc1ccc(C(=O)O)o1. The van der Waals surface area contributed by atoms with Crippen LogP contribution in [-0.2, 0) is 4.79 Å². The molecular weight excluding hydrogens is 266 g/mol. The molecule has 0 radical (unpaired) electrons. The summed E-state index contributed by atoms with van der Waals surface area (Å²) in [5.41, 5.74) is 0.923. The zero-order valence-electron chi connectivity index (χ0n) is 11.0. The molecule has 0 aromatic carbocycles. The molecule has 0 saturated carbocycles. The third kappa shape index (κ3) is 4.82. The van der Waals surface area contributed by atoms with E-state index >= 15 is 0 Å². The van der Waals surface area contributed by atoms with Gasteiger partial charge < -0.3 is 14.4 Å². The van der Waals surface area contributed by atoms with Gasteiger partial charge in [-0.2, -0.15) is 0 Å². The van der Waals surface area contributed by atoms with Gasteiger partial charge in [0.25, 0.3) is 0 Å². The van der Waals surface area contributed by atoms with E-state index < -0.39 is 5.97 Å². The Hall–Kier alpha value is -1.69. The van der Waals surface area contributed by atoms with Crippen LogP contribution in [0, 0.1) is 0 Å². The fourth-order valence-electron chi connectivity index (χ4n) is 1.44. The van der Waals surface area contributed by atoms with E-state index in [9.17, 15) is 9.59 Å². The van der Waals surface area contributed by atoms with Crippen LogP contribution in [0.25, 0.3) is 0 Å². The van der Waals surface area contributed by atoms with Crippen molar-refractivity contribution in [1.29, 1.82) is 0 Å². The van der Waals surface area contributed by atoms with Crippen LogP contribution in [-0.4, -0.2) is 40.7 Å². The molecule has 0 fully saturated rings. The van der Waals surface area contributed by atoms with Crippen LogP contribution in [0.2, 0.25) is 0 Å². The van der Waals surface area contributed by atoms with Crippen LogP contribution in [0.15, 0.2) is 33.8 Å². The van der Waals surface area contributed by atoms with Gasteiger partial charge in [-0.3, -0.25) is 4.79 Å². The fraction of sp³-hybridized carbons (Fsp3) is 0.385. The van der Waals surface area contributed by atoms with Gasteiger partial charge in [-0.15, -0.1) is 0 Å². The van der Waals surface area contributed by atoms with E-state index in [4.69, 9.17) is 9.52 Å². The molecule has 19 heavy (non-hydrogen) atoms. The fourth-order valence-corrected chi connectivity index (χ4v) is 2.20. The molecule has 1 amide bonds. The molecule has 0 bridgehead atoms. The first-order valence-electron chi connectivity index (χ1n) is 5.82. The summed E-state index contributed by atoms with van der Waals surface area (Å²) in [5.74, 6) is -1.04. The molecular formula is C13H17NO4S. The highest BCUT2D eigenvalue weighted by Crippen LogP contribution is 2.21. The lowest BCUT2D eigenvalue weighted by molar-refractivity contribution is -0.127. The number of carboxylic acid groups (broad SMARTS) is 1. The number of furan rings is 1. The Balaban J connectivity index is 2.52. The quantitative estimate of drug-likeness (QED) is 0.615. The number of carbonyl (C=O) groups excluding carboxylic acids is 1. The molecule has 1 heterocycles. The van der Waals surface area contributed by atoms with E-state index in [0.717, 1.165) is 5.57 Å². The number of aromatic carboxylic acids is 1. The van der Waals surface area contributed by atoms with Crippen LogP contribution in [0.4, 0.5) is 0 Å². The van der Waals surface area contributed by atoms with Crippen molar-refractivity contribution in [2.75, 3.05) is 18.8 Å². The van der Waals surface area contributed by atoms with Crippen LogP contribution in [0.5, 0.6) is 0 Å². The molecule has 0 atom stereocenters. The number of carbonyl (C=O) groups is 2. The lowest BCUT2D eigenvalue weighted by Gasteiger charge is -2.20. The number of likely N-dealkylation sites (N-methyl/N-ethyl adjacent to an activating group) is 1. The average Bonchev–Trinajstić information content (AvgIpc) is 2.81. The zero-order chi connectivity index (χ0) is 14.4. The summed E-state index contributed by atoms with van der Waals surface area (Å²) in [5, 5.41) is 9.14. The van der Waals surface area contributed by atoms with Gasteiger partial charge in [-0.05, 0) is 26.0 Å². The first kappa shape index (κ1) is 15.4. The molecule has 5 nitrogen and oxygen atoms in total. The minimum Gasteiger partial charge on any atom is -0.475 e. The number of hydrogen-bond acceptors (Lipinski definition) is 4. The number of rotatable bonds is 7. The summed E-state index contributed by atoms with van der Waals surface area (Å²) in [4.78, 5) is 24.3. The molecule has 0 unspecified atom stereocenters. The maximum absolute atomic E-state index is 11.9. The Morgan fingerprint density at radius 2 is 2.16 bits per heavy atom. The monoisotopic (exact) mass is 283 g/mol. The summed E-state index contributed by atoms with van der Waals surface area (Å²) < 4.78 is 5.07. The Bertz CT molecular complexity index is 481. The molecule has 0 aliphatic carbocycles. The van der Waals surface area contributed by atoms with Crippen molar-refractivity contribution in [2.45, 2.75) is 18.9 Å². The summed E-state index contributed by atoms with van der Waals surface area (Å²) in [6.45, 7) is 8.71. The summed E-state index contributed by atoms with van der Waals surface area (Å²) in [6, 6.07) is 2.93. The molecule has 104 valence electrons. The second-order valence-corrected chi connectivity index (χ2v) is 5.06. The predicted octanol–water partition coefficient (Wildman–Crippen LogP) is 2.49. The van der Waals surface area contributed by atoms with E-state index in [2.05, 4.69) is 6.58 Å². The maximum atomic E-state index is 11.9. The lowest BCUT2D eigenvalue weighted by atomic mass is 10.3. The van der Waals surface area contributed by atoms with Gasteiger partial charge >= 0.3 is 5.97 Å². The second-order valence-electron chi connectivity index (χ2n) is 4.08. The molecule has 6 heteroatoms. The van der Waals surface area contributed by atoms with Crippen molar-refractivity contribution < 1.29 is 19.1 Å². The van der Waals surface area contributed by atoms with Gasteiger partial charge in [0, 0.05) is 13.1 Å². The Kier molecular flexibility index (Phi) is 5.69. The van der Waals surface area contributed by atoms with E-state index in [1.807, 2.05) is 13.8 Å². The maximum Gasteiger partial charge on any atom is 0.371 e. The van der Waals surface area contributed by atoms with E-state index in [1.165, 1.54) is 17.8 Å². The molecule has 0 spiro atoms. The van der Waals surface area contributed by atoms with Crippen molar-refractivity contribution >= 4 is 23.6 Å². The average molecular weight is 283 g/mol. The number of amides is 1. The van der Waals surface area contributed by atoms with Gasteiger partial charge in [0.15, 0.2) is 5.09 Å². The Morgan fingerprint density at radius 3 is 2.63 bits per heavy atom. The largest absolute Gasteiger partial charge is 0.475 e. The van der Waals surface area contributed by atoms with Crippen LogP contribution < -0.4 is 0 Å². The Labute approximate surface area is 116 Å². The molecule has 0 aliphatic heterocycles. The van der Waals surface area contributed by atoms with Crippen molar-refractivity contribution in [1.82, 2.24) is 4.90 Å². The van der Waals surface area contributed by atoms with E-state index in [1.54, 1.807) is 11.0 Å². The first-order valence-corrected chi connectivity index (χ1v) is 6.80.